The standard InChI is InChI=1S/C21H26N2O2/c24-20(10-15-6-2-1-3-7-15)22-18-13-21(25)23(14-18)19-11-16-8-4-5-9-17(16)12-19/h4-6,8-9,18-19H,1-3,7,10-14H2,(H,22,24)/t18-/m1/s1. The number of carbonyl (C=O) groups is 2. The summed E-state index contributed by atoms with van der Waals surface area (Å²) in [7, 11) is 0. The quantitative estimate of drug-likeness (QED) is 0.858. The summed E-state index contributed by atoms with van der Waals surface area (Å²) in [4.78, 5) is 26.7. The van der Waals surface area contributed by atoms with Crippen molar-refractivity contribution in [3.05, 3.63) is 47.0 Å². The Labute approximate surface area is 149 Å². The number of nitrogens with zero attached hydrogens (tertiary/aromatic N) is 1. The lowest BCUT2D eigenvalue weighted by molar-refractivity contribution is -0.129. The van der Waals surface area contributed by atoms with Crippen LogP contribution in [0.5, 0.6) is 0 Å². The van der Waals surface area contributed by atoms with Gasteiger partial charge in [-0.3, -0.25) is 9.59 Å². The van der Waals surface area contributed by atoms with Crippen molar-refractivity contribution in [3.63, 3.8) is 0 Å². The summed E-state index contributed by atoms with van der Waals surface area (Å²) < 4.78 is 0. The molecule has 25 heavy (non-hydrogen) atoms. The zero-order chi connectivity index (χ0) is 17.2. The van der Waals surface area contributed by atoms with Gasteiger partial charge in [-0.15, -0.1) is 0 Å². The summed E-state index contributed by atoms with van der Waals surface area (Å²) in [5.41, 5.74) is 3.98. The van der Waals surface area contributed by atoms with Crippen LogP contribution in [-0.2, 0) is 22.4 Å². The summed E-state index contributed by atoms with van der Waals surface area (Å²) in [6.07, 6.45) is 9.61. The highest BCUT2D eigenvalue weighted by molar-refractivity contribution is 5.83. The van der Waals surface area contributed by atoms with Crippen molar-refractivity contribution < 1.29 is 9.59 Å². The van der Waals surface area contributed by atoms with Gasteiger partial charge in [0, 0.05) is 25.4 Å². The fourth-order valence-corrected chi connectivity index (χ4v) is 4.49. The zero-order valence-electron chi connectivity index (χ0n) is 14.7. The Morgan fingerprint density at radius 2 is 1.88 bits per heavy atom. The number of fused-ring (bicyclic) bond motifs is 1. The Hall–Kier alpha value is -2.10. The number of hydrogen-bond donors (Lipinski definition) is 1. The highest BCUT2D eigenvalue weighted by atomic mass is 16.2. The predicted octanol–water partition coefficient (Wildman–Crippen LogP) is 2.76. The van der Waals surface area contributed by atoms with Gasteiger partial charge in [-0.25, -0.2) is 0 Å². The Morgan fingerprint density at radius 3 is 2.56 bits per heavy atom. The largest absolute Gasteiger partial charge is 0.351 e. The molecule has 4 nitrogen and oxygen atoms in total. The number of allylic oxidation sites excluding steroid dienone is 1. The van der Waals surface area contributed by atoms with Crippen LogP contribution in [0.2, 0.25) is 0 Å². The maximum absolute atomic E-state index is 12.5. The van der Waals surface area contributed by atoms with Gasteiger partial charge in [0.2, 0.25) is 11.8 Å². The molecule has 1 aromatic carbocycles. The summed E-state index contributed by atoms with van der Waals surface area (Å²) >= 11 is 0. The van der Waals surface area contributed by atoms with Gasteiger partial charge in [-0.2, -0.15) is 0 Å². The molecule has 0 saturated carbocycles. The molecule has 0 aromatic heterocycles. The normalized spacial score (nSPS) is 23.5. The third-order valence-corrected chi connectivity index (χ3v) is 5.77. The number of likely N-dealkylation sites (tertiary alicyclic amines) is 1. The van der Waals surface area contributed by atoms with Crippen LogP contribution in [0.15, 0.2) is 35.9 Å². The molecule has 1 heterocycles. The van der Waals surface area contributed by atoms with E-state index >= 15 is 0 Å². The minimum absolute atomic E-state index is 0.0343. The zero-order valence-corrected chi connectivity index (χ0v) is 14.7. The molecule has 1 fully saturated rings. The van der Waals surface area contributed by atoms with Gasteiger partial charge in [-0.1, -0.05) is 35.9 Å². The van der Waals surface area contributed by atoms with Crippen molar-refractivity contribution in [3.8, 4) is 0 Å². The lowest BCUT2D eigenvalue weighted by Crippen LogP contribution is -2.41. The lowest BCUT2D eigenvalue weighted by atomic mass is 9.97. The van der Waals surface area contributed by atoms with Gasteiger partial charge >= 0.3 is 0 Å². The van der Waals surface area contributed by atoms with Gasteiger partial charge in [0.1, 0.15) is 0 Å². The van der Waals surface area contributed by atoms with E-state index in [-0.39, 0.29) is 23.9 Å². The molecule has 2 amide bonds. The molecule has 132 valence electrons. The van der Waals surface area contributed by atoms with E-state index in [1.165, 1.54) is 29.5 Å². The van der Waals surface area contributed by atoms with Crippen LogP contribution in [0, 0.1) is 0 Å². The van der Waals surface area contributed by atoms with Crippen molar-refractivity contribution in [1.29, 1.82) is 0 Å². The van der Waals surface area contributed by atoms with Crippen molar-refractivity contribution in [1.82, 2.24) is 10.2 Å². The molecule has 1 N–H and O–H groups in total. The number of rotatable bonds is 4. The van der Waals surface area contributed by atoms with E-state index in [0.717, 1.165) is 25.7 Å². The Morgan fingerprint density at radius 1 is 1.12 bits per heavy atom. The second kappa shape index (κ2) is 7.03. The predicted molar refractivity (Wildman–Crippen MR) is 97.1 cm³/mol. The maximum Gasteiger partial charge on any atom is 0.225 e. The fourth-order valence-electron chi connectivity index (χ4n) is 4.49. The molecule has 0 radical (unpaired) electrons. The molecule has 0 spiro atoms. The van der Waals surface area contributed by atoms with Crippen LogP contribution in [0.25, 0.3) is 0 Å². The molecule has 0 bridgehead atoms. The Balaban J connectivity index is 1.32. The first-order chi connectivity index (χ1) is 12.2. The van der Waals surface area contributed by atoms with Crippen LogP contribution in [-0.4, -0.2) is 35.3 Å². The van der Waals surface area contributed by atoms with Crippen LogP contribution in [0.1, 0.15) is 49.7 Å². The average Bonchev–Trinajstić information content (AvgIpc) is 3.18. The number of amides is 2. The van der Waals surface area contributed by atoms with Gasteiger partial charge in [0.05, 0.1) is 6.04 Å². The topological polar surface area (TPSA) is 49.4 Å². The lowest BCUT2D eigenvalue weighted by Gasteiger charge is -2.24. The molecule has 0 unspecified atom stereocenters. The Bertz CT molecular complexity index is 685. The second-order valence-electron chi connectivity index (χ2n) is 7.63. The highest BCUT2D eigenvalue weighted by Gasteiger charge is 2.37. The molecule has 4 heteroatoms. The molecular formula is C21H26N2O2. The summed E-state index contributed by atoms with van der Waals surface area (Å²) in [5, 5.41) is 3.09. The van der Waals surface area contributed by atoms with E-state index in [0.29, 0.717) is 19.4 Å². The van der Waals surface area contributed by atoms with Gasteiger partial charge < -0.3 is 10.2 Å². The van der Waals surface area contributed by atoms with Gasteiger partial charge in [0.25, 0.3) is 0 Å². The highest BCUT2D eigenvalue weighted by Crippen LogP contribution is 2.28. The van der Waals surface area contributed by atoms with Gasteiger partial charge in [0.15, 0.2) is 0 Å². The fraction of sp³-hybridized carbons (Fsp3) is 0.524. The number of benzene rings is 1. The third kappa shape index (κ3) is 3.63. The summed E-state index contributed by atoms with van der Waals surface area (Å²) in [6, 6.07) is 8.67. The first kappa shape index (κ1) is 16.4. The van der Waals surface area contributed by atoms with E-state index < -0.39 is 0 Å². The van der Waals surface area contributed by atoms with E-state index in [1.807, 2.05) is 4.90 Å². The van der Waals surface area contributed by atoms with Crippen LogP contribution >= 0.6 is 0 Å². The number of hydrogen-bond acceptors (Lipinski definition) is 2. The smallest absolute Gasteiger partial charge is 0.225 e. The average molecular weight is 338 g/mol. The summed E-state index contributed by atoms with van der Waals surface area (Å²) in [5.74, 6) is 0.252. The monoisotopic (exact) mass is 338 g/mol. The van der Waals surface area contributed by atoms with Crippen molar-refractivity contribution in [2.75, 3.05) is 6.54 Å². The van der Waals surface area contributed by atoms with Crippen molar-refractivity contribution in [2.24, 2.45) is 0 Å². The molecule has 4 rings (SSSR count). The first-order valence-electron chi connectivity index (χ1n) is 9.52. The van der Waals surface area contributed by atoms with Gasteiger partial charge in [-0.05, 0) is 49.7 Å². The third-order valence-electron chi connectivity index (χ3n) is 5.77. The van der Waals surface area contributed by atoms with E-state index in [9.17, 15) is 9.59 Å². The van der Waals surface area contributed by atoms with E-state index in [2.05, 4.69) is 35.7 Å². The molecule has 3 aliphatic rings. The number of carbonyl (C=O) groups excluding carboxylic acids is 2. The molecule has 1 saturated heterocycles. The molecule has 1 atom stereocenters. The van der Waals surface area contributed by atoms with Crippen LogP contribution in [0.3, 0.4) is 0 Å². The van der Waals surface area contributed by atoms with Crippen LogP contribution in [0.4, 0.5) is 0 Å². The molecule has 1 aromatic rings. The molecule has 1 aliphatic heterocycles. The Kier molecular flexibility index (Phi) is 4.60. The van der Waals surface area contributed by atoms with Crippen molar-refractivity contribution in [2.45, 2.75) is 63.5 Å². The summed E-state index contributed by atoms with van der Waals surface area (Å²) in [6.45, 7) is 0.655. The first-order valence-corrected chi connectivity index (χ1v) is 9.52. The minimum Gasteiger partial charge on any atom is -0.351 e. The van der Waals surface area contributed by atoms with E-state index in [4.69, 9.17) is 0 Å². The SMILES string of the molecule is O=C(CC1=CCCCC1)N[C@@H]1CC(=O)N(C2Cc3ccccc3C2)C1. The van der Waals surface area contributed by atoms with Crippen molar-refractivity contribution >= 4 is 11.8 Å². The second-order valence-corrected chi connectivity index (χ2v) is 7.63. The number of nitrogens with one attached hydrogen (secondary N) is 1. The van der Waals surface area contributed by atoms with Crippen LogP contribution < -0.4 is 5.32 Å². The molecular weight excluding hydrogens is 312 g/mol. The maximum atomic E-state index is 12.5. The van der Waals surface area contributed by atoms with E-state index in [1.54, 1.807) is 0 Å². The minimum atomic E-state index is -0.0343. The molecule has 2 aliphatic carbocycles.